The molecule has 0 saturated heterocycles. The minimum Gasteiger partial charge on any atom is -0.491 e. The number of amides is 1. The molecule has 1 aliphatic rings. The summed E-state index contributed by atoms with van der Waals surface area (Å²) >= 11 is 0. The third-order valence-electron chi connectivity index (χ3n) is 3.20. The number of ether oxygens (including phenoxy) is 2. The molecule has 1 aromatic carbocycles. The second-order valence-corrected chi connectivity index (χ2v) is 4.79. The molecule has 4 nitrogen and oxygen atoms in total. The predicted molar refractivity (Wildman–Crippen MR) is 83.2 cm³/mol. The summed E-state index contributed by atoms with van der Waals surface area (Å²) in [4.78, 5) is 13.9. The van der Waals surface area contributed by atoms with Crippen LogP contribution in [0.25, 0.3) is 6.08 Å². The fourth-order valence-corrected chi connectivity index (χ4v) is 2.07. The van der Waals surface area contributed by atoms with Crippen LogP contribution < -0.4 is 4.74 Å². The molecule has 0 aliphatic carbocycles. The smallest absolute Gasteiger partial charge is 0.246 e. The first-order valence-electron chi connectivity index (χ1n) is 7.13. The van der Waals surface area contributed by atoms with E-state index in [4.69, 9.17) is 9.47 Å². The maximum Gasteiger partial charge on any atom is 0.246 e. The van der Waals surface area contributed by atoms with Crippen molar-refractivity contribution in [3.63, 3.8) is 0 Å². The zero-order valence-corrected chi connectivity index (χ0v) is 12.3. The number of methoxy groups -OCH3 is 1. The summed E-state index contributed by atoms with van der Waals surface area (Å²) in [7, 11) is 1.64. The zero-order valence-electron chi connectivity index (χ0n) is 12.3. The van der Waals surface area contributed by atoms with Crippen LogP contribution in [0.5, 0.6) is 5.75 Å². The minimum atomic E-state index is 0.0463. The van der Waals surface area contributed by atoms with Crippen LogP contribution in [0.3, 0.4) is 0 Å². The van der Waals surface area contributed by atoms with Gasteiger partial charge < -0.3 is 14.4 Å². The third-order valence-corrected chi connectivity index (χ3v) is 3.20. The van der Waals surface area contributed by atoms with Gasteiger partial charge >= 0.3 is 0 Å². The molecule has 4 heteroatoms. The van der Waals surface area contributed by atoms with E-state index in [2.05, 4.69) is 6.08 Å². The largest absolute Gasteiger partial charge is 0.491 e. The van der Waals surface area contributed by atoms with E-state index in [9.17, 15) is 4.79 Å². The number of hydrogen-bond acceptors (Lipinski definition) is 3. The molecule has 0 saturated carbocycles. The van der Waals surface area contributed by atoms with Crippen LogP contribution in [-0.4, -0.2) is 44.2 Å². The van der Waals surface area contributed by atoms with Gasteiger partial charge in [-0.2, -0.15) is 0 Å². The molecule has 0 unspecified atom stereocenters. The molecular weight excluding hydrogens is 266 g/mol. The molecule has 0 N–H and O–H groups in total. The van der Waals surface area contributed by atoms with Gasteiger partial charge in [-0.05, 0) is 30.2 Å². The van der Waals surface area contributed by atoms with Crippen molar-refractivity contribution in [2.24, 2.45) is 0 Å². The topological polar surface area (TPSA) is 38.8 Å². The lowest BCUT2D eigenvalue weighted by molar-refractivity contribution is -0.125. The molecule has 0 spiro atoms. The Morgan fingerprint density at radius 1 is 1.33 bits per heavy atom. The quantitative estimate of drug-likeness (QED) is 0.458. The summed E-state index contributed by atoms with van der Waals surface area (Å²) in [5, 5.41) is 0. The van der Waals surface area contributed by atoms with Crippen LogP contribution in [0.2, 0.25) is 0 Å². The Morgan fingerprint density at radius 2 is 2.24 bits per heavy atom. The number of hydrogen-bond donors (Lipinski definition) is 0. The van der Waals surface area contributed by atoms with E-state index in [1.807, 2.05) is 41.3 Å². The Hall–Kier alpha value is -2.07. The van der Waals surface area contributed by atoms with Crippen molar-refractivity contribution >= 4 is 12.0 Å². The van der Waals surface area contributed by atoms with Crippen molar-refractivity contribution in [2.75, 3.05) is 33.4 Å². The van der Waals surface area contributed by atoms with Crippen molar-refractivity contribution < 1.29 is 14.3 Å². The van der Waals surface area contributed by atoms with Gasteiger partial charge in [0, 0.05) is 26.3 Å². The van der Waals surface area contributed by atoms with Gasteiger partial charge in [-0.25, -0.2) is 0 Å². The van der Waals surface area contributed by atoms with Gasteiger partial charge in [0.1, 0.15) is 12.4 Å². The lowest BCUT2D eigenvalue weighted by Crippen LogP contribution is -2.32. The SMILES string of the molecule is COCCOc1cccc(/C=C/C(=O)N2CC=CCC2)c1. The van der Waals surface area contributed by atoms with Crippen LogP contribution >= 0.6 is 0 Å². The summed E-state index contributed by atoms with van der Waals surface area (Å²) in [6.07, 6.45) is 8.51. The molecule has 0 fully saturated rings. The fourth-order valence-electron chi connectivity index (χ4n) is 2.07. The van der Waals surface area contributed by atoms with Crippen molar-refractivity contribution in [3.8, 4) is 5.75 Å². The lowest BCUT2D eigenvalue weighted by Gasteiger charge is -2.21. The average Bonchev–Trinajstić information content (AvgIpc) is 2.54. The molecule has 1 aliphatic heterocycles. The van der Waals surface area contributed by atoms with Crippen LogP contribution in [0.15, 0.2) is 42.5 Å². The monoisotopic (exact) mass is 287 g/mol. The number of benzene rings is 1. The molecular formula is C17H21NO3. The Balaban J connectivity index is 1.92. The number of rotatable bonds is 6. The van der Waals surface area contributed by atoms with Crippen molar-refractivity contribution in [1.29, 1.82) is 0 Å². The highest BCUT2D eigenvalue weighted by atomic mass is 16.5. The first-order valence-corrected chi connectivity index (χ1v) is 7.13. The fraction of sp³-hybridized carbons (Fsp3) is 0.353. The molecule has 0 atom stereocenters. The molecule has 0 aromatic heterocycles. The molecule has 112 valence electrons. The second kappa shape index (κ2) is 8.27. The molecule has 1 aromatic rings. The van der Waals surface area contributed by atoms with E-state index in [1.165, 1.54) is 0 Å². The Labute approximate surface area is 125 Å². The van der Waals surface area contributed by atoms with Gasteiger partial charge in [-0.3, -0.25) is 4.79 Å². The van der Waals surface area contributed by atoms with Crippen LogP contribution in [-0.2, 0) is 9.53 Å². The molecule has 21 heavy (non-hydrogen) atoms. The normalized spacial score (nSPS) is 14.6. The van der Waals surface area contributed by atoms with E-state index < -0.39 is 0 Å². The first kappa shape index (κ1) is 15.3. The highest BCUT2D eigenvalue weighted by Gasteiger charge is 2.10. The van der Waals surface area contributed by atoms with E-state index in [-0.39, 0.29) is 5.91 Å². The van der Waals surface area contributed by atoms with Gasteiger partial charge in [-0.1, -0.05) is 24.3 Å². The van der Waals surface area contributed by atoms with Crippen molar-refractivity contribution in [2.45, 2.75) is 6.42 Å². The van der Waals surface area contributed by atoms with Crippen molar-refractivity contribution in [3.05, 3.63) is 48.1 Å². The van der Waals surface area contributed by atoms with E-state index in [0.29, 0.717) is 19.8 Å². The zero-order chi connectivity index (χ0) is 14.9. The predicted octanol–water partition coefficient (Wildman–Crippen LogP) is 2.51. The highest BCUT2D eigenvalue weighted by molar-refractivity contribution is 5.92. The van der Waals surface area contributed by atoms with Crippen LogP contribution in [0.1, 0.15) is 12.0 Å². The molecule has 1 heterocycles. The van der Waals surface area contributed by atoms with E-state index in [0.717, 1.165) is 24.3 Å². The van der Waals surface area contributed by atoms with Crippen molar-refractivity contribution in [1.82, 2.24) is 4.90 Å². The van der Waals surface area contributed by atoms with Gasteiger partial charge in [0.2, 0.25) is 5.91 Å². The average molecular weight is 287 g/mol. The Kier molecular flexibility index (Phi) is 6.03. The highest BCUT2D eigenvalue weighted by Crippen LogP contribution is 2.14. The maximum atomic E-state index is 12.0. The van der Waals surface area contributed by atoms with E-state index in [1.54, 1.807) is 13.2 Å². The standard InChI is InChI=1S/C17H21NO3/c1-20-12-13-21-16-7-5-6-15(14-16)8-9-17(19)18-10-3-2-4-11-18/h2-3,5-9,14H,4,10-13H2,1H3/b9-8+. The molecule has 0 bridgehead atoms. The summed E-state index contributed by atoms with van der Waals surface area (Å²) in [5.74, 6) is 0.826. The van der Waals surface area contributed by atoms with Gasteiger partial charge in [0.05, 0.1) is 6.61 Å². The number of carbonyl (C=O) groups excluding carboxylic acids is 1. The summed E-state index contributed by atoms with van der Waals surface area (Å²) in [6, 6.07) is 7.67. The number of carbonyl (C=O) groups is 1. The lowest BCUT2D eigenvalue weighted by atomic mass is 10.2. The van der Waals surface area contributed by atoms with Gasteiger partial charge in [-0.15, -0.1) is 0 Å². The third kappa shape index (κ3) is 5.08. The van der Waals surface area contributed by atoms with Gasteiger partial charge in [0.15, 0.2) is 0 Å². The van der Waals surface area contributed by atoms with Gasteiger partial charge in [0.25, 0.3) is 0 Å². The molecule has 2 rings (SSSR count). The molecule has 1 amide bonds. The Morgan fingerprint density at radius 3 is 3.00 bits per heavy atom. The Bertz CT molecular complexity index is 523. The van der Waals surface area contributed by atoms with Crippen LogP contribution in [0, 0.1) is 0 Å². The minimum absolute atomic E-state index is 0.0463. The summed E-state index contributed by atoms with van der Waals surface area (Å²) < 4.78 is 10.5. The molecule has 0 radical (unpaired) electrons. The maximum absolute atomic E-state index is 12.0. The summed E-state index contributed by atoms with van der Waals surface area (Å²) in [5.41, 5.74) is 0.950. The number of nitrogens with zero attached hydrogens (tertiary/aromatic N) is 1. The summed E-state index contributed by atoms with van der Waals surface area (Å²) in [6.45, 7) is 2.56. The van der Waals surface area contributed by atoms with Crippen LogP contribution in [0.4, 0.5) is 0 Å². The first-order chi connectivity index (χ1) is 10.3. The van der Waals surface area contributed by atoms with E-state index >= 15 is 0 Å². The second-order valence-electron chi connectivity index (χ2n) is 4.79.